The number of hydrogen-bond donors (Lipinski definition) is 0. The van der Waals surface area contributed by atoms with Gasteiger partial charge in [-0.1, -0.05) is 83.0 Å². The summed E-state index contributed by atoms with van der Waals surface area (Å²) in [6, 6.07) is 18.4. The van der Waals surface area contributed by atoms with Crippen LogP contribution in [0.5, 0.6) is 0 Å². The van der Waals surface area contributed by atoms with E-state index >= 15 is 0 Å². The Hall–Kier alpha value is -1.98. The lowest BCUT2D eigenvalue weighted by molar-refractivity contribution is 0.649. The molecule has 2 heterocycles. The Morgan fingerprint density at radius 1 is 0.897 bits per heavy atom. The van der Waals surface area contributed by atoms with E-state index < -0.39 is 16.1 Å². The third-order valence-corrected chi connectivity index (χ3v) is 11.9. The average Bonchev–Trinajstić information content (AvgIpc) is 2.88. The van der Waals surface area contributed by atoms with Gasteiger partial charge in [0.15, 0.2) is 0 Å². The molecule has 0 unspecified atom stereocenters. The fraction of sp³-hybridized carbons (Fsp3) is 0.346. The van der Waals surface area contributed by atoms with Gasteiger partial charge in [-0.15, -0.1) is 0 Å². The molecule has 0 amide bonds. The fourth-order valence-corrected chi connectivity index (χ4v) is 9.48. The maximum atomic E-state index is 4.95. The summed E-state index contributed by atoms with van der Waals surface area (Å²) in [5.41, 5.74) is 6.73. The van der Waals surface area contributed by atoms with Crippen molar-refractivity contribution in [2.24, 2.45) is 5.92 Å². The molecule has 1 aromatic heterocycles. The highest BCUT2D eigenvalue weighted by Gasteiger charge is 2.37. The maximum absolute atomic E-state index is 4.95. The number of benzene rings is 2. The molecule has 0 spiro atoms. The summed E-state index contributed by atoms with van der Waals surface area (Å²) >= 11 is 0. The maximum Gasteiger partial charge on any atom is 0.113 e. The molecule has 0 saturated carbocycles. The smallest absolute Gasteiger partial charge is 0.113 e. The summed E-state index contributed by atoms with van der Waals surface area (Å²) in [7, 11) is -3.00. The van der Waals surface area contributed by atoms with E-state index in [1.165, 1.54) is 27.4 Å². The highest BCUT2D eigenvalue weighted by atomic mass is 28.3. The first-order valence-corrected chi connectivity index (χ1v) is 17.3. The Kier molecular flexibility index (Phi) is 4.95. The molecule has 3 aromatic rings. The van der Waals surface area contributed by atoms with Crippen LogP contribution < -0.4 is 15.6 Å². The number of fused-ring (bicyclic) bond motifs is 3. The molecule has 0 fully saturated rings. The van der Waals surface area contributed by atoms with Gasteiger partial charge in [-0.25, -0.2) is 0 Å². The number of hydrogen-bond acceptors (Lipinski definition) is 1. The summed E-state index contributed by atoms with van der Waals surface area (Å²) in [5.74, 6) is 0.652. The Bertz CT molecular complexity index is 1070. The van der Waals surface area contributed by atoms with Crippen molar-refractivity contribution >= 4 is 31.7 Å². The van der Waals surface area contributed by atoms with E-state index in [2.05, 4.69) is 101 Å². The van der Waals surface area contributed by atoms with E-state index in [1.54, 1.807) is 10.4 Å². The van der Waals surface area contributed by atoms with Gasteiger partial charge in [-0.3, -0.25) is 4.98 Å². The van der Waals surface area contributed by atoms with E-state index in [-0.39, 0.29) is 0 Å². The summed E-state index contributed by atoms with van der Waals surface area (Å²) < 4.78 is 0. The van der Waals surface area contributed by atoms with E-state index in [0.717, 1.165) is 12.1 Å². The molecule has 0 N–H and O–H groups in total. The molecule has 0 bridgehead atoms. The van der Waals surface area contributed by atoms with Gasteiger partial charge in [0.1, 0.15) is 8.07 Å². The first kappa shape index (κ1) is 20.3. The fourth-order valence-electron chi connectivity index (χ4n) is 4.82. The molecule has 1 nitrogen and oxygen atoms in total. The zero-order valence-corrected chi connectivity index (χ0v) is 20.9. The number of rotatable bonds is 4. The van der Waals surface area contributed by atoms with Crippen LogP contribution in [-0.4, -0.2) is 21.1 Å². The van der Waals surface area contributed by atoms with E-state index in [4.69, 9.17) is 4.98 Å². The Balaban J connectivity index is 1.84. The van der Waals surface area contributed by atoms with Crippen LogP contribution in [0, 0.1) is 5.92 Å². The minimum absolute atomic E-state index is 0.652. The van der Waals surface area contributed by atoms with Crippen molar-refractivity contribution in [2.45, 2.75) is 53.0 Å². The lowest BCUT2D eigenvalue weighted by atomic mass is 9.99. The van der Waals surface area contributed by atoms with Crippen molar-refractivity contribution < 1.29 is 0 Å². The topological polar surface area (TPSA) is 12.9 Å². The Morgan fingerprint density at radius 3 is 2.28 bits per heavy atom. The van der Waals surface area contributed by atoms with Crippen LogP contribution in [0.3, 0.4) is 0 Å². The van der Waals surface area contributed by atoms with Gasteiger partial charge < -0.3 is 0 Å². The molecular weight excluding hydrogens is 382 g/mol. The Labute approximate surface area is 178 Å². The number of aromatic nitrogens is 1. The molecule has 150 valence electrons. The van der Waals surface area contributed by atoms with Crippen LogP contribution >= 0.6 is 0 Å². The van der Waals surface area contributed by atoms with Crippen LogP contribution in [0.1, 0.15) is 19.4 Å². The second-order valence-electron chi connectivity index (χ2n) is 10.5. The van der Waals surface area contributed by atoms with Gasteiger partial charge in [0, 0.05) is 11.8 Å². The predicted octanol–water partition coefficient (Wildman–Crippen LogP) is 5.30. The van der Waals surface area contributed by atoms with Crippen LogP contribution in [0.4, 0.5) is 0 Å². The van der Waals surface area contributed by atoms with Crippen molar-refractivity contribution in [3.05, 3.63) is 60.3 Å². The van der Waals surface area contributed by atoms with Gasteiger partial charge in [0.25, 0.3) is 0 Å². The van der Waals surface area contributed by atoms with E-state index in [0.29, 0.717) is 5.92 Å². The minimum Gasteiger partial charge on any atom is -0.256 e. The molecule has 4 rings (SSSR count). The largest absolute Gasteiger partial charge is 0.256 e. The standard InChI is InChI=1S/C26H33NSi2/c1-18(2)14-20-16-23(27-17-26(20)28(3,4)5)19-12-13-25-22(15-19)21-10-8-9-11-24(21)29(25,6)7/h8-13,15-18H,14H2,1-7H3. The molecular formula is C26H33NSi2. The average molecular weight is 416 g/mol. The van der Waals surface area contributed by atoms with Crippen LogP contribution in [0.25, 0.3) is 22.4 Å². The highest BCUT2D eigenvalue weighted by molar-refractivity contribution is 7.03. The van der Waals surface area contributed by atoms with Gasteiger partial charge >= 0.3 is 0 Å². The summed E-state index contributed by atoms with van der Waals surface area (Å²) in [6.07, 6.45) is 3.31. The van der Waals surface area contributed by atoms with Gasteiger partial charge in [-0.2, -0.15) is 0 Å². The van der Waals surface area contributed by atoms with E-state index in [1.807, 2.05) is 0 Å². The first-order valence-electron chi connectivity index (χ1n) is 10.8. The lowest BCUT2D eigenvalue weighted by Gasteiger charge is -2.22. The Morgan fingerprint density at radius 2 is 1.59 bits per heavy atom. The second-order valence-corrected chi connectivity index (χ2v) is 19.9. The molecule has 0 saturated heterocycles. The quantitative estimate of drug-likeness (QED) is 0.527. The number of pyridine rings is 1. The van der Waals surface area contributed by atoms with Gasteiger partial charge in [0.2, 0.25) is 0 Å². The summed E-state index contributed by atoms with van der Waals surface area (Å²) in [4.78, 5) is 4.95. The zero-order valence-electron chi connectivity index (χ0n) is 18.9. The third kappa shape index (κ3) is 3.55. The molecule has 0 radical (unpaired) electrons. The molecule has 0 aliphatic carbocycles. The first-order chi connectivity index (χ1) is 13.6. The highest BCUT2D eigenvalue weighted by Crippen LogP contribution is 2.31. The van der Waals surface area contributed by atoms with Gasteiger partial charge in [-0.05, 0) is 56.7 Å². The van der Waals surface area contributed by atoms with Crippen LogP contribution in [-0.2, 0) is 6.42 Å². The predicted molar refractivity (Wildman–Crippen MR) is 133 cm³/mol. The van der Waals surface area contributed by atoms with Crippen molar-refractivity contribution in [2.75, 3.05) is 0 Å². The monoisotopic (exact) mass is 415 g/mol. The zero-order chi connectivity index (χ0) is 21.0. The summed E-state index contributed by atoms with van der Waals surface area (Å²) in [6.45, 7) is 16.8. The molecule has 2 aromatic carbocycles. The molecule has 1 aliphatic rings. The van der Waals surface area contributed by atoms with Crippen molar-refractivity contribution in [1.82, 2.24) is 4.98 Å². The third-order valence-electron chi connectivity index (χ3n) is 6.31. The van der Waals surface area contributed by atoms with Crippen molar-refractivity contribution in [3.8, 4) is 22.4 Å². The molecule has 29 heavy (non-hydrogen) atoms. The van der Waals surface area contributed by atoms with Crippen LogP contribution in [0.2, 0.25) is 32.7 Å². The number of nitrogens with zero attached hydrogens (tertiary/aromatic N) is 1. The molecule has 3 heteroatoms. The normalized spacial score (nSPS) is 14.8. The summed E-state index contributed by atoms with van der Waals surface area (Å²) in [5, 5.41) is 4.63. The van der Waals surface area contributed by atoms with Crippen molar-refractivity contribution in [3.63, 3.8) is 0 Å². The SMILES string of the molecule is CC(C)Cc1cc(-c2ccc3c(c2)-c2ccccc2[Si]3(C)C)ncc1[Si](C)(C)C. The molecule has 0 atom stereocenters. The van der Waals surface area contributed by atoms with Gasteiger partial charge in [0.05, 0.1) is 13.8 Å². The minimum atomic E-state index is -1.59. The molecule has 1 aliphatic heterocycles. The lowest BCUT2D eigenvalue weighted by Crippen LogP contribution is -2.49. The second kappa shape index (κ2) is 7.07. The van der Waals surface area contributed by atoms with E-state index in [9.17, 15) is 0 Å². The van der Waals surface area contributed by atoms with Crippen LogP contribution in [0.15, 0.2) is 54.7 Å². The van der Waals surface area contributed by atoms with Crippen molar-refractivity contribution in [1.29, 1.82) is 0 Å².